The molecule has 5 N–H and O–H groups in total. The number of carbonyl (C=O) groups is 1. The average Bonchev–Trinajstić information content (AvgIpc) is 3.53. The Balaban J connectivity index is 1.18. The number of rotatable bonds is 7. The van der Waals surface area contributed by atoms with Gasteiger partial charge in [-0.2, -0.15) is 0 Å². The van der Waals surface area contributed by atoms with Gasteiger partial charge in [-0.05, 0) is 57.4 Å². The van der Waals surface area contributed by atoms with E-state index in [1.165, 1.54) is 25.7 Å². The van der Waals surface area contributed by atoms with E-state index in [1.807, 2.05) is 0 Å². The first-order chi connectivity index (χ1) is 15.1. The van der Waals surface area contributed by atoms with Crippen molar-refractivity contribution in [3.63, 3.8) is 0 Å². The van der Waals surface area contributed by atoms with Gasteiger partial charge in [0.05, 0.1) is 38.3 Å². The molecule has 3 heterocycles. The van der Waals surface area contributed by atoms with Crippen LogP contribution in [0, 0.1) is 17.3 Å². The van der Waals surface area contributed by atoms with Crippen LogP contribution in [0.3, 0.4) is 0 Å². The number of hydrogen-bond donors (Lipinski definition) is 5. The van der Waals surface area contributed by atoms with Crippen molar-refractivity contribution >= 4 is 5.91 Å². The van der Waals surface area contributed by atoms with Crippen LogP contribution in [0.25, 0.3) is 0 Å². The lowest BCUT2D eigenvalue weighted by Gasteiger charge is -2.51. The molecule has 0 radical (unpaired) electrons. The number of amides is 1. The van der Waals surface area contributed by atoms with Gasteiger partial charge in [-0.25, -0.2) is 10.9 Å². The van der Waals surface area contributed by atoms with E-state index in [1.54, 1.807) is 7.11 Å². The molecule has 3 saturated heterocycles. The average molecular weight is 437 g/mol. The zero-order valence-corrected chi connectivity index (χ0v) is 19.0. The first-order valence-corrected chi connectivity index (χ1v) is 12.2. The molecule has 0 aromatic carbocycles. The number of nitrogens with one attached hydrogen (secondary N) is 5. The van der Waals surface area contributed by atoms with Crippen LogP contribution in [0.15, 0.2) is 0 Å². The van der Waals surface area contributed by atoms with Gasteiger partial charge < -0.3 is 14.8 Å². The summed E-state index contributed by atoms with van der Waals surface area (Å²) >= 11 is 0. The van der Waals surface area contributed by atoms with Crippen LogP contribution in [0.4, 0.5) is 0 Å². The molecule has 2 aliphatic carbocycles. The fraction of sp³-hybridized carbons (Fsp3) is 0.955. The van der Waals surface area contributed by atoms with Crippen molar-refractivity contribution in [3.05, 3.63) is 0 Å². The van der Waals surface area contributed by atoms with Crippen molar-refractivity contribution in [1.29, 1.82) is 0 Å². The molecule has 3 aliphatic heterocycles. The Morgan fingerprint density at radius 2 is 2.03 bits per heavy atom. The second-order valence-corrected chi connectivity index (χ2v) is 10.5. The number of hydrogen-bond acceptors (Lipinski definition) is 8. The molecular weight excluding hydrogens is 396 g/mol. The number of carbonyl (C=O) groups excluding carboxylic acids is 1. The smallest absolute Gasteiger partial charge is 0.237 e. The van der Waals surface area contributed by atoms with Crippen molar-refractivity contribution < 1.29 is 14.3 Å². The quantitative estimate of drug-likeness (QED) is 0.382. The number of nitrogens with zero attached hydrogens (tertiary/aromatic N) is 1. The number of methoxy groups -OCH3 is 1. The Morgan fingerprint density at radius 3 is 2.68 bits per heavy atom. The fourth-order valence-corrected chi connectivity index (χ4v) is 6.03. The minimum atomic E-state index is -0.180. The normalized spacial score (nSPS) is 41.0. The van der Waals surface area contributed by atoms with E-state index >= 15 is 0 Å². The minimum Gasteiger partial charge on any atom is -0.380 e. The highest BCUT2D eigenvalue weighted by molar-refractivity contribution is 5.82. The minimum absolute atomic E-state index is 0.0541. The topological polar surface area (TPSA) is 98.9 Å². The lowest BCUT2D eigenvalue weighted by molar-refractivity contribution is -0.166. The summed E-state index contributed by atoms with van der Waals surface area (Å²) < 4.78 is 11.3. The Bertz CT molecular complexity index is 643. The monoisotopic (exact) mass is 436 g/mol. The van der Waals surface area contributed by atoms with E-state index in [4.69, 9.17) is 9.47 Å². The van der Waals surface area contributed by atoms with Crippen LogP contribution in [-0.4, -0.2) is 75.5 Å². The lowest BCUT2D eigenvalue weighted by atomic mass is 9.64. The first-order valence-electron chi connectivity index (χ1n) is 12.2. The predicted octanol–water partition coefficient (Wildman–Crippen LogP) is 0.0514. The summed E-state index contributed by atoms with van der Waals surface area (Å²) in [5.74, 6) is 1.37. The molecule has 9 nitrogen and oxygen atoms in total. The number of ether oxygens (including phenoxy) is 2. The highest BCUT2D eigenvalue weighted by atomic mass is 16.5. The second-order valence-electron chi connectivity index (χ2n) is 10.5. The van der Waals surface area contributed by atoms with Crippen molar-refractivity contribution in [1.82, 2.24) is 31.7 Å². The third kappa shape index (κ3) is 4.78. The van der Waals surface area contributed by atoms with Crippen molar-refractivity contribution in [2.45, 2.75) is 82.0 Å². The third-order valence-corrected chi connectivity index (χ3v) is 8.29. The molecule has 0 bridgehead atoms. The van der Waals surface area contributed by atoms with Crippen molar-refractivity contribution in [3.8, 4) is 0 Å². The molecule has 1 amide bonds. The first kappa shape index (κ1) is 22.0. The van der Waals surface area contributed by atoms with Crippen LogP contribution in [-0.2, 0) is 14.3 Å². The summed E-state index contributed by atoms with van der Waals surface area (Å²) in [4.78, 5) is 15.5. The van der Waals surface area contributed by atoms with Gasteiger partial charge in [-0.15, -0.1) is 0 Å². The predicted molar refractivity (Wildman–Crippen MR) is 116 cm³/mol. The molecule has 0 aromatic heterocycles. The molecule has 5 fully saturated rings. The maximum Gasteiger partial charge on any atom is 0.237 e. The van der Waals surface area contributed by atoms with Crippen LogP contribution in [0.2, 0.25) is 0 Å². The molecule has 176 valence electrons. The highest BCUT2D eigenvalue weighted by Crippen LogP contribution is 2.47. The molecule has 0 spiro atoms. The molecule has 2 saturated carbocycles. The summed E-state index contributed by atoms with van der Waals surface area (Å²) in [6, 6.07) is 0.0776. The molecule has 6 unspecified atom stereocenters. The summed E-state index contributed by atoms with van der Waals surface area (Å²) in [6.07, 6.45) is 9.25. The Kier molecular flexibility index (Phi) is 6.54. The van der Waals surface area contributed by atoms with Gasteiger partial charge in [-0.1, -0.05) is 6.42 Å². The molecule has 5 aliphatic rings. The molecule has 0 aromatic rings. The van der Waals surface area contributed by atoms with Crippen LogP contribution >= 0.6 is 0 Å². The third-order valence-electron chi connectivity index (χ3n) is 8.29. The van der Waals surface area contributed by atoms with Gasteiger partial charge in [-0.3, -0.25) is 20.3 Å². The summed E-state index contributed by atoms with van der Waals surface area (Å²) in [5, 5.41) is 10.4. The lowest BCUT2D eigenvalue weighted by Crippen LogP contribution is -2.64. The molecule has 5 rings (SSSR count). The molecule has 6 atom stereocenters. The Hall–Kier alpha value is -0.810. The summed E-state index contributed by atoms with van der Waals surface area (Å²) in [5.41, 5.74) is 6.88. The second kappa shape index (κ2) is 9.21. The summed E-state index contributed by atoms with van der Waals surface area (Å²) in [7, 11) is 3.88. The summed E-state index contributed by atoms with van der Waals surface area (Å²) in [6.45, 7) is 2.57. The van der Waals surface area contributed by atoms with Gasteiger partial charge in [0.25, 0.3) is 0 Å². The van der Waals surface area contributed by atoms with Crippen LogP contribution in [0.1, 0.15) is 51.4 Å². The van der Waals surface area contributed by atoms with Crippen molar-refractivity contribution in [2.24, 2.45) is 17.3 Å². The van der Waals surface area contributed by atoms with E-state index < -0.39 is 0 Å². The largest absolute Gasteiger partial charge is 0.380 e. The van der Waals surface area contributed by atoms with Gasteiger partial charge in [0.15, 0.2) is 0 Å². The van der Waals surface area contributed by atoms with Crippen LogP contribution < -0.4 is 26.8 Å². The van der Waals surface area contributed by atoms with E-state index in [2.05, 4.69) is 38.7 Å². The molecule has 31 heavy (non-hydrogen) atoms. The Morgan fingerprint density at radius 1 is 1.19 bits per heavy atom. The number of hydrazine groups is 1. The molecular formula is C22H40N6O3. The fourth-order valence-electron chi connectivity index (χ4n) is 6.03. The zero-order valence-electron chi connectivity index (χ0n) is 19.0. The van der Waals surface area contributed by atoms with Crippen LogP contribution in [0.5, 0.6) is 0 Å². The zero-order chi connectivity index (χ0) is 21.4. The maximum atomic E-state index is 13.2. The van der Waals surface area contributed by atoms with E-state index in [0.29, 0.717) is 24.4 Å². The standard InChI is InChI=1S/C22H40N6O3/c1-28-13-23-27-18(28)10-22(11-31-12-22)15-4-3-5-16(8-15)24-21(29)17-9-19(30-2)26-20(25-17)14-6-7-14/h14-20,23,25-27H,3-13H2,1-2H3,(H,24,29). The molecule has 9 heteroatoms. The van der Waals surface area contributed by atoms with Gasteiger partial charge in [0, 0.05) is 25.0 Å². The van der Waals surface area contributed by atoms with Gasteiger partial charge >= 0.3 is 0 Å². The SMILES string of the molecule is COC1CC(C(=O)NC2CCCC(C3(CC4NNCN4C)COC3)C2)NC(C2CC2)N1. The van der Waals surface area contributed by atoms with E-state index in [9.17, 15) is 4.79 Å². The Labute approximate surface area is 185 Å². The maximum absolute atomic E-state index is 13.2. The van der Waals surface area contributed by atoms with E-state index in [-0.39, 0.29) is 35.8 Å². The van der Waals surface area contributed by atoms with Gasteiger partial charge in [0.1, 0.15) is 6.23 Å². The van der Waals surface area contributed by atoms with E-state index in [0.717, 1.165) is 39.1 Å². The van der Waals surface area contributed by atoms with Gasteiger partial charge in [0.2, 0.25) is 5.91 Å². The highest BCUT2D eigenvalue weighted by Gasteiger charge is 2.49. The van der Waals surface area contributed by atoms with Crippen molar-refractivity contribution in [2.75, 3.05) is 34.0 Å².